The van der Waals surface area contributed by atoms with E-state index < -0.39 is 27.5 Å². The van der Waals surface area contributed by atoms with Gasteiger partial charge in [0.15, 0.2) is 9.84 Å². The summed E-state index contributed by atoms with van der Waals surface area (Å²) in [6.45, 7) is 3.51. The Balaban J connectivity index is 2.42. The van der Waals surface area contributed by atoms with Crippen molar-refractivity contribution in [1.82, 2.24) is 5.32 Å². The average molecular weight is 406 g/mol. The quantitative estimate of drug-likeness (QED) is 0.666. The fourth-order valence-corrected chi connectivity index (χ4v) is 3.55. The van der Waals surface area contributed by atoms with Gasteiger partial charge in [0.05, 0.1) is 18.3 Å². The first-order chi connectivity index (χ1) is 10.7. The first kappa shape index (κ1) is 19.6. The van der Waals surface area contributed by atoms with Crippen LogP contribution >= 0.6 is 15.9 Å². The molecule has 1 rings (SSSR count). The monoisotopic (exact) mass is 405 g/mol. The van der Waals surface area contributed by atoms with Crippen molar-refractivity contribution in [2.45, 2.75) is 32.1 Å². The van der Waals surface area contributed by atoms with E-state index in [4.69, 9.17) is 4.74 Å². The zero-order chi connectivity index (χ0) is 17.5. The molecule has 1 N–H and O–H groups in total. The number of hydrogen-bond donors (Lipinski definition) is 1. The highest BCUT2D eigenvalue weighted by molar-refractivity contribution is 9.10. The van der Waals surface area contributed by atoms with Gasteiger partial charge in [-0.2, -0.15) is 0 Å². The number of halogens is 1. The molecule has 0 aliphatic rings. The molecule has 0 radical (unpaired) electrons. The van der Waals surface area contributed by atoms with Gasteiger partial charge in [0.25, 0.3) is 0 Å². The van der Waals surface area contributed by atoms with E-state index in [1.807, 2.05) is 0 Å². The van der Waals surface area contributed by atoms with E-state index in [-0.39, 0.29) is 24.8 Å². The predicted octanol–water partition coefficient (Wildman–Crippen LogP) is 1.82. The van der Waals surface area contributed by atoms with Crippen LogP contribution in [0.15, 0.2) is 28.7 Å². The summed E-state index contributed by atoms with van der Waals surface area (Å²) in [5, 5.41) is 2.41. The topological polar surface area (TPSA) is 89.5 Å². The maximum atomic E-state index is 12.0. The highest BCUT2D eigenvalue weighted by Crippen LogP contribution is 2.14. The minimum atomic E-state index is -3.57. The smallest absolute Gasteiger partial charge is 0.307 e. The zero-order valence-corrected chi connectivity index (χ0v) is 15.4. The Morgan fingerprint density at radius 3 is 2.61 bits per heavy atom. The van der Waals surface area contributed by atoms with Gasteiger partial charge in [0.2, 0.25) is 5.91 Å². The third-order valence-corrected chi connectivity index (χ3v) is 4.61. The number of benzene rings is 1. The second-order valence-electron chi connectivity index (χ2n) is 5.30. The Bertz CT molecular complexity index is 658. The van der Waals surface area contributed by atoms with Crippen LogP contribution < -0.4 is 5.32 Å². The minimum Gasteiger partial charge on any atom is -0.463 e. The fraction of sp³-hybridized carbons (Fsp3) is 0.467. The highest BCUT2D eigenvalue weighted by Gasteiger charge is 2.17. The molecule has 0 bridgehead atoms. The normalized spacial score (nSPS) is 11.3. The first-order valence-electron chi connectivity index (χ1n) is 7.09. The van der Waals surface area contributed by atoms with Crippen LogP contribution in [-0.4, -0.2) is 38.7 Å². The number of esters is 1. The summed E-state index contributed by atoms with van der Waals surface area (Å²) in [7, 11) is -3.57. The van der Waals surface area contributed by atoms with Crippen LogP contribution in [0.5, 0.6) is 0 Å². The molecule has 0 unspecified atom stereocenters. The number of amides is 1. The molecule has 1 amide bonds. The highest BCUT2D eigenvalue weighted by atomic mass is 79.9. The van der Waals surface area contributed by atoms with Crippen LogP contribution in [0, 0.1) is 0 Å². The average Bonchev–Trinajstić information content (AvgIpc) is 2.36. The Morgan fingerprint density at radius 2 is 2.00 bits per heavy atom. The van der Waals surface area contributed by atoms with Gasteiger partial charge in [-0.05, 0) is 31.5 Å². The van der Waals surface area contributed by atoms with E-state index in [1.165, 1.54) is 0 Å². The molecule has 0 aliphatic heterocycles. The van der Waals surface area contributed by atoms with Crippen molar-refractivity contribution in [3.8, 4) is 0 Å². The molecule has 0 heterocycles. The third kappa shape index (κ3) is 8.71. The van der Waals surface area contributed by atoms with E-state index >= 15 is 0 Å². The van der Waals surface area contributed by atoms with E-state index in [0.717, 1.165) is 4.47 Å². The number of hydrogen-bond acceptors (Lipinski definition) is 5. The lowest BCUT2D eigenvalue weighted by Crippen LogP contribution is -2.32. The van der Waals surface area contributed by atoms with Crippen LogP contribution in [0.2, 0.25) is 0 Å². The number of rotatable bonds is 8. The van der Waals surface area contributed by atoms with Gasteiger partial charge in [-0.1, -0.05) is 28.1 Å². The lowest BCUT2D eigenvalue weighted by Gasteiger charge is -2.09. The van der Waals surface area contributed by atoms with Crippen molar-refractivity contribution in [3.63, 3.8) is 0 Å². The number of sulfone groups is 1. The van der Waals surface area contributed by atoms with Crippen molar-refractivity contribution < 1.29 is 22.7 Å². The summed E-state index contributed by atoms with van der Waals surface area (Å²) in [6, 6.07) is 6.90. The molecule has 0 atom stereocenters. The van der Waals surface area contributed by atoms with Crippen molar-refractivity contribution >= 4 is 37.6 Å². The van der Waals surface area contributed by atoms with E-state index in [0.29, 0.717) is 5.56 Å². The molecule has 0 aliphatic carbocycles. The van der Waals surface area contributed by atoms with Crippen molar-refractivity contribution in [3.05, 3.63) is 34.3 Å². The second-order valence-corrected chi connectivity index (χ2v) is 8.28. The maximum absolute atomic E-state index is 12.0. The zero-order valence-electron chi connectivity index (χ0n) is 13.0. The molecule has 23 heavy (non-hydrogen) atoms. The van der Waals surface area contributed by atoms with Crippen LogP contribution in [-0.2, 0) is 29.9 Å². The summed E-state index contributed by atoms with van der Waals surface area (Å²) in [5.74, 6) is -1.89. The molecule has 6 nitrogen and oxygen atoms in total. The molecule has 128 valence electrons. The molecule has 1 aromatic rings. The van der Waals surface area contributed by atoms with Crippen LogP contribution in [0.4, 0.5) is 0 Å². The Hall–Kier alpha value is -1.41. The molecule has 0 saturated heterocycles. The van der Waals surface area contributed by atoms with Gasteiger partial charge < -0.3 is 10.1 Å². The molecule has 8 heteroatoms. The summed E-state index contributed by atoms with van der Waals surface area (Å²) in [4.78, 5) is 23.0. The van der Waals surface area contributed by atoms with E-state index in [2.05, 4.69) is 21.2 Å². The van der Waals surface area contributed by atoms with E-state index in [9.17, 15) is 18.0 Å². The SMILES string of the molecule is CC(C)OC(=O)CCNC(=O)CS(=O)(=O)Cc1cccc(Br)c1. The van der Waals surface area contributed by atoms with Gasteiger partial charge in [0, 0.05) is 11.0 Å². The van der Waals surface area contributed by atoms with Gasteiger partial charge in [-0.15, -0.1) is 0 Å². The third-order valence-electron chi connectivity index (χ3n) is 2.65. The van der Waals surface area contributed by atoms with Gasteiger partial charge in [0.1, 0.15) is 5.75 Å². The molecular weight excluding hydrogens is 386 g/mol. The van der Waals surface area contributed by atoms with Gasteiger partial charge >= 0.3 is 5.97 Å². The summed E-state index contributed by atoms with van der Waals surface area (Å²) in [5.41, 5.74) is 0.604. The molecular formula is C15H20BrNO5S. The Morgan fingerprint density at radius 1 is 1.30 bits per heavy atom. The minimum absolute atomic E-state index is 0.00952. The Kier molecular flexibility index (Phi) is 7.70. The van der Waals surface area contributed by atoms with Crippen molar-refractivity contribution in [1.29, 1.82) is 0 Å². The lowest BCUT2D eigenvalue weighted by molar-refractivity contribution is -0.147. The fourth-order valence-electron chi connectivity index (χ4n) is 1.81. The second kappa shape index (κ2) is 9.02. The van der Waals surface area contributed by atoms with Crippen LogP contribution in [0.25, 0.3) is 0 Å². The van der Waals surface area contributed by atoms with Crippen molar-refractivity contribution in [2.24, 2.45) is 0 Å². The first-order valence-corrected chi connectivity index (χ1v) is 9.70. The van der Waals surface area contributed by atoms with Gasteiger partial charge in [-0.25, -0.2) is 8.42 Å². The molecule has 0 spiro atoms. The molecule has 0 fully saturated rings. The number of ether oxygens (including phenoxy) is 1. The molecule has 0 aromatic heterocycles. The maximum Gasteiger partial charge on any atom is 0.307 e. The van der Waals surface area contributed by atoms with Crippen LogP contribution in [0.3, 0.4) is 0 Å². The molecule has 1 aromatic carbocycles. The van der Waals surface area contributed by atoms with Crippen LogP contribution in [0.1, 0.15) is 25.8 Å². The summed E-state index contributed by atoms with van der Waals surface area (Å²) in [6.07, 6.45) is -0.209. The largest absolute Gasteiger partial charge is 0.463 e. The summed E-state index contributed by atoms with van der Waals surface area (Å²) >= 11 is 3.27. The standard InChI is InChI=1S/C15H20BrNO5S/c1-11(2)22-15(19)6-7-17-14(18)10-23(20,21)9-12-4-3-5-13(16)8-12/h3-5,8,11H,6-7,9-10H2,1-2H3,(H,17,18). The molecule has 0 saturated carbocycles. The lowest BCUT2D eigenvalue weighted by atomic mass is 10.2. The van der Waals surface area contributed by atoms with Crippen molar-refractivity contribution in [2.75, 3.05) is 12.3 Å². The predicted molar refractivity (Wildman–Crippen MR) is 90.5 cm³/mol. The van der Waals surface area contributed by atoms with E-state index in [1.54, 1.807) is 38.1 Å². The Labute approximate surface area is 144 Å². The number of carbonyl (C=O) groups is 2. The van der Waals surface area contributed by atoms with Gasteiger partial charge in [-0.3, -0.25) is 9.59 Å². The number of carbonyl (C=O) groups excluding carboxylic acids is 2. The summed E-state index contributed by atoms with van der Waals surface area (Å²) < 4.78 is 29.7. The number of nitrogens with one attached hydrogen (secondary N) is 1.